The zero-order chi connectivity index (χ0) is 14.6. The molecule has 22 heavy (non-hydrogen) atoms. The number of fused-ring (bicyclic) bond motifs is 4. The highest BCUT2D eigenvalue weighted by Gasteiger charge is 2.41. The predicted molar refractivity (Wildman–Crippen MR) is 87.9 cm³/mol. The largest absolute Gasteiger partial charge is 0.406 e. The molecule has 2 heterocycles. The van der Waals surface area contributed by atoms with Crippen molar-refractivity contribution >= 4 is 16.5 Å². The third-order valence-electron chi connectivity index (χ3n) is 4.69. The van der Waals surface area contributed by atoms with Crippen molar-refractivity contribution in [3.63, 3.8) is 0 Å². The van der Waals surface area contributed by atoms with E-state index in [0.29, 0.717) is 0 Å². The average Bonchev–Trinajstić information content (AvgIpc) is 2.93. The molecule has 5 rings (SSSR count). The Kier molecular flexibility index (Phi) is 2.33. The van der Waals surface area contributed by atoms with Crippen LogP contribution in [0.1, 0.15) is 11.1 Å². The lowest BCUT2D eigenvalue weighted by atomic mass is 9.95. The van der Waals surface area contributed by atoms with Crippen LogP contribution in [0.5, 0.6) is 5.75 Å². The molecule has 3 heteroatoms. The van der Waals surface area contributed by atoms with E-state index >= 15 is 0 Å². The molecular weight excluding hydrogens is 272 g/mol. The van der Waals surface area contributed by atoms with Crippen molar-refractivity contribution in [1.82, 2.24) is 5.48 Å². The van der Waals surface area contributed by atoms with Gasteiger partial charge in [0.25, 0.3) is 0 Å². The van der Waals surface area contributed by atoms with Gasteiger partial charge in [-0.05, 0) is 17.0 Å². The number of benzene rings is 3. The maximum Gasteiger partial charge on any atom is 0.150 e. The van der Waals surface area contributed by atoms with Crippen LogP contribution in [0.25, 0.3) is 10.8 Å². The van der Waals surface area contributed by atoms with Gasteiger partial charge in [-0.25, -0.2) is 0 Å². The minimum atomic E-state index is -0.249. The highest BCUT2D eigenvalue weighted by molar-refractivity contribution is 5.97. The van der Waals surface area contributed by atoms with Crippen molar-refractivity contribution in [3.8, 4) is 5.75 Å². The van der Waals surface area contributed by atoms with Crippen LogP contribution in [-0.4, -0.2) is 5.66 Å². The Hall–Kier alpha value is -2.52. The Bertz CT molecular complexity index is 889. The lowest BCUT2D eigenvalue weighted by Crippen LogP contribution is -2.56. The lowest BCUT2D eigenvalue weighted by Gasteiger charge is -2.35. The topological polar surface area (TPSA) is 33.3 Å². The van der Waals surface area contributed by atoms with Gasteiger partial charge < -0.3 is 10.2 Å². The molecule has 2 aliphatic rings. The Labute approximate surface area is 128 Å². The fourth-order valence-corrected chi connectivity index (χ4v) is 3.65. The van der Waals surface area contributed by atoms with E-state index < -0.39 is 0 Å². The zero-order valence-electron chi connectivity index (χ0n) is 12.1. The summed E-state index contributed by atoms with van der Waals surface area (Å²) in [5.41, 5.74) is 6.82. The minimum Gasteiger partial charge on any atom is -0.406 e. The minimum absolute atomic E-state index is 0.249. The molecule has 3 aromatic carbocycles. The van der Waals surface area contributed by atoms with Crippen molar-refractivity contribution in [2.45, 2.75) is 18.5 Å². The Morgan fingerprint density at radius 3 is 2.64 bits per heavy atom. The predicted octanol–water partition coefficient (Wildman–Crippen LogP) is 3.64. The molecule has 3 nitrogen and oxygen atoms in total. The molecule has 1 atom stereocenters. The molecule has 108 valence electrons. The Balaban J connectivity index is 1.59. The van der Waals surface area contributed by atoms with Gasteiger partial charge in [0, 0.05) is 29.5 Å². The van der Waals surface area contributed by atoms with Crippen molar-refractivity contribution in [2.24, 2.45) is 0 Å². The zero-order valence-corrected chi connectivity index (χ0v) is 12.1. The first-order valence-corrected chi connectivity index (χ1v) is 7.64. The second kappa shape index (κ2) is 4.24. The quantitative estimate of drug-likeness (QED) is 0.662. The van der Waals surface area contributed by atoms with Crippen LogP contribution in [0.3, 0.4) is 0 Å². The third kappa shape index (κ3) is 1.66. The smallest absolute Gasteiger partial charge is 0.150 e. The number of hydroxylamine groups is 1. The SMILES string of the molecule is c1ccc2c(c1)CC1(Cc3ccc4ccccc4c3N1)NO2. The van der Waals surface area contributed by atoms with Crippen molar-refractivity contribution < 1.29 is 4.84 Å². The van der Waals surface area contributed by atoms with Gasteiger partial charge in [0.05, 0.1) is 0 Å². The molecule has 1 spiro atoms. The first kappa shape index (κ1) is 12.1. The molecule has 0 bridgehead atoms. The number of anilines is 1. The van der Waals surface area contributed by atoms with Crippen molar-refractivity contribution in [1.29, 1.82) is 0 Å². The molecule has 2 aliphatic heterocycles. The van der Waals surface area contributed by atoms with Crippen molar-refractivity contribution in [2.75, 3.05) is 5.32 Å². The van der Waals surface area contributed by atoms with E-state index in [9.17, 15) is 0 Å². The van der Waals surface area contributed by atoms with Crippen LogP contribution in [0, 0.1) is 0 Å². The van der Waals surface area contributed by atoms with Gasteiger partial charge in [-0.2, -0.15) is 0 Å². The second-order valence-electron chi connectivity index (χ2n) is 6.19. The molecule has 2 N–H and O–H groups in total. The fraction of sp³-hybridized carbons (Fsp3) is 0.158. The van der Waals surface area contributed by atoms with Gasteiger partial charge >= 0.3 is 0 Å². The molecule has 3 aromatic rings. The summed E-state index contributed by atoms with van der Waals surface area (Å²) in [5.74, 6) is 0.927. The number of nitrogens with one attached hydrogen (secondary N) is 2. The van der Waals surface area contributed by atoms with Crippen LogP contribution in [0.15, 0.2) is 60.7 Å². The Morgan fingerprint density at radius 1 is 0.818 bits per heavy atom. The van der Waals surface area contributed by atoms with Crippen LogP contribution < -0.4 is 15.6 Å². The van der Waals surface area contributed by atoms with E-state index in [-0.39, 0.29) is 5.66 Å². The van der Waals surface area contributed by atoms with E-state index in [1.54, 1.807) is 0 Å². The first-order valence-electron chi connectivity index (χ1n) is 7.64. The molecule has 0 saturated heterocycles. The van der Waals surface area contributed by atoms with Crippen LogP contribution in [-0.2, 0) is 12.8 Å². The van der Waals surface area contributed by atoms with Gasteiger partial charge in [-0.15, -0.1) is 5.48 Å². The number of rotatable bonds is 0. The van der Waals surface area contributed by atoms with Gasteiger partial charge in [0.1, 0.15) is 5.66 Å². The summed E-state index contributed by atoms with van der Waals surface area (Å²) >= 11 is 0. The first-order chi connectivity index (χ1) is 10.8. The van der Waals surface area contributed by atoms with Crippen molar-refractivity contribution in [3.05, 3.63) is 71.8 Å². The molecule has 0 fully saturated rings. The normalized spacial score (nSPS) is 22.0. The van der Waals surface area contributed by atoms with Gasteiger partial charge in [-0.3, -0.25) is 0 Å². The standard InChI is InChI=1S/C19H16N2O/c1-3-7-16-13(5-1)9-10-15-12-19(20-18(15)16)11-14-6-2-4-8-17(14)22-21-19/h1-10,20-21H,11-12H2. The number of hydrogen-bond acceptors (Lipinski definition) is 3. The number of hydrogen-bond donors (Lipinski definition) is 2. The van der Waals surface area contributed by atoms with E-state index in [1.807, 2.05) is 12.1 Å². The van der Waals surface area contributed by atoms with Crippen LogP contribution in [0.4, 0.5) is 5.69 Å². The summed E-state index contributed by atoms with van der Waals surface area (Å²) in [6.45, 7) is 0. The van der Waals surface area contributed by atoms with Gasteiger partial charge in [0.15, 0.2) is 5.75 Å². The highest BCUT2D eigenvalue weighted by Crippen LogP contribution is 2.40. The van der Waals surface area contributed by atoms with E-state index in [1.165, 1.54) is 27.6 Å². The molecule has 0 aliphatic carbocycles. The molecule has 0 aromatic heterocycles. The molecular formula is C19H16N2O. The Morgan fingerprint density at radius 2 is 1.64 bits per heavy atom. The maximum atomic E-state index is 5.79. The molecule has 0 radical (unpaired) electrons. The second-order valence-corrected chi connectivity index (χ2v) is 6.19. The summed E-state index contributed by atoms with van der Waals surface area (Å²) in [6.07, 6.45) is 1.83. The van der Waals surface area contributed by atoms with Crippen LogP contribution in [0.2, 0.25) is 0 Å². The van der Waals surface area contributed by atoms with Gasteiger partial charge in [0.2, 0.25) is 0 Å². The summed E-state index contributed by atoms with van der Waals surface area (Å²) in [5, 5.41) is 6.24. The summed E-state index contributed by atoms with van der Waals surface area (Å²) in [4.78, 5) is 5.79. The molecule has 0 saturated carbocycles. The summed E-state index contributed by atoms with van der Waals surface area (Å²) in [6, 6.07) is 21.1. The lowest BCUT2D eigenvalue weighted by molar-refractivity contribution is 0.0867. The monoisotopic (exact) mass is 288 g/mol. The molecule has 0 amide bonds. The van der Waals surface area contributed by atoms with E-state index in [2.05, 4.69) is 59.3 Å². The number of para-hydroxylation sites is 1. The fourth-order valence-electron chi connectivity index (χ4n) is 3.65. The van der Waals surface area contributed by atoms with Crippen LogP contribution >= 0.6 is 0 Å². The third-order valence-corrected chi connectivity index (χ3v) is 4.69. The van der Waals surface area contributed by atoms with Gasteiger partial charge in [-0.1, -0.05) is 54.6 Å². The summed E-state index contributed by atoms with van der Waals surface area (Å²) < 4.78 is 0. The highest BCUT2D eigenvalue weighted by atomic mass is 16.7. The molecule has 1 unspecified atom stereocenters. The maximum absolute atomic E-state index is 5.79. The average molecular weight is 288 g/mol. The van der Waals surface area contributed by atoms with E-state index in [0.717, 1.165) is 18.6 Å². The summed E-state index contributed by atoms with van der Waals surface area (Å²) in [7, 11) is 0. The van der Waals surface area contributed by atoms with E-state index in [4.69, 9.17) is 4.84 Å².